The van der Waals surface area contributed by atoms with Crippen molar-refractivity contribution in [3.8, 4) is 11.3 Å². The Morgan fingerprint density at radius 2 is 2.06 bits per heavy atom. The summed E-state index contributed by atoms with van der Waals surface area (Å²) in [6.07, 6.45) is 4.23. The summed E-state index contributed by atoms with van der Waals surface area (Å²) in [5, 5.41) is 16.0. The zero-order valence-electron chi connectivity index (χ0n) is 17.2. The number of benzene rings is 1. The molecule has 1 amide bonds. The summed E-state index contributed by atoms with van der Waals surface area (Å²) in [6.45, 7) is 5.41. The van der Waals surface area contributed by atoms with Crippen LogP contribution in [0.2, 0.25) is 5.02 Å². The molecule has 10 heteroatoms. The molecule has 3 aromatic heterocycles. The Kier molecular flexibility index (Phi) is 6.13. The van der Waals surface area contributed by atoms with Gasteiger partial charge in [-0.1, -0.05) is 41.9 Å². The Bertz CT molecular complexity index is 1220. The van der Waals surface area contributed by atoms with Crippen molar-refractivity contribution in [1.82, 2.24) is 30.2 Å². The zero-order chi connectivity index (χ0) is 21.8. The fourth-order valence-electron chi connectivity index (χ4n) is 3.28. The summed E-state index contributed by atoms with van der Waals surface area (Å²) in [6, 6.07) is 7.20. The fraction of sp³-hybridized carbons (Fsp3) is 0.286. The van der Waals surface area contributed by atoms with Gasteiger partial charge in [0.25, 0.3) is 5.91 Å². The maximum absolute atomic E-state index is 12.9. The number of carbonyl (C=O) groups excluding carboxylic acids is 1. The molecule has 0 atom stereocenters. The van der Waals surface area contributed by atoms with Crippen LogP contribution in [-0.4, -0.2) is 43.9 Å². The summed E-state index contributed by atoms with van der Waals surface area (Å²) in [5.41, 5.74) is 2.14. The van der Waals surface area contributed by atoms with Gasteiger partial charge in [-0.3, -0.25) is 4.79 Å². The molecule has 0 saturated heterocycles. The minimum Gasteiger partial charge on any atom is -0.369 e. The smallest absolute Gasteiger partial charge is 0.257 e. The molecule has 160 valence electrons. The average Bonchev–Trinajstić information content (AvgIpc) is 3.36. The first-order chi connectivity index (χ1) is 15.1. The van der Waals surface area contributed by atoms with Gasteiger partial charge in [-0.15, -0.1) is 0 Å². The molecule has 31 heavy (non-hydrogen) atoms. The predicted octanol–water partition coefficient (Wildman–Crippen LogP) is 3.70. The van der Waals surface area contributed by atoms with E-state index in [1.165, 1.54) is 6.33 Å². The summed E-state index contributed by atoms with van der Waals surface area (Å²) in [4.78, 5) is 21.5. The Morgan fingerprint density at radius 3 is 2.87 bits per heavy atom. The zero-order valence-corrected chi connectivity index (χ0v) is 18.0. The van der Waals surface area contributed by atoms with Crippen molar-refractivity contribution in [2.45, 2.75) is 26.8 Å². The highest BCUT2D eigenvalue weighted by atomic mass is 35.5. The minimum atomic E-state index is -0.287. The third-order valence-corrected chi connectivity index (χ3v) is 5.13. The number of amides is 1. The van der Waals surface area contributed by atoms with E-state index in [1.54, 1.807) is 29.9 Å². The predicted molar refractivity (Wildman–Crippen MR) is 118 cm³/mol. The number of hydrogen-bond acceptors (Lipinski definition) is 7. The maximum atomic E-state index is 12.9. The van der Waals surface area contributed by atoms with E-state index in [0.717, 1.165) is 24.2 Å². The highest BCUT2D eigenvalue weighted by molar-refractivity contribution is 6.33. The van der Waals surface area contributed by atoms with Crippen LogP contribution in [0.3, 0.4) is 0 Å². The molecule has 3 heterocycles. The SMILES string of the molecule is CCCNc1ncnc2c1cnn2CCNC(=O)c1c(-c2ccccc2Cl)noc1C. The number of fused-ring (bicyclic) bond motifs is 1. The first-order valence-electron chi connectivity index (χ1n) is 10.00. The summed E-state index contributed by atoms with van der Waals surface area (Å²) >= 11 is 6.27. The standard InChI is InChI=1S/C21H22ClN7O2/c1-3-8-23-19-15-11-27-29(20(15)26-12-25-19)10-9-24-21(30)17-13(2)31-28-18(17)14-6-4-5-7-16(14)22/h4-7,11-12H,3,8-10H2,1-2H3,(H,24,30)(H,23,25,26). The van der Waals surface area contributed by atoms with E-state index in [9.17, 15) is 4.79 Å². The van der Waals surface area contributed by atoms with Crippen LogP contribution in [0.25, 0.3) is 22.3 Å². The van der Waals surface area contributed by atoms with Crippen LogP contribution < -0.4 is 10.6 Å². The van der Waals surface area contributed by atoms with E-state index in [0.29, 0.717) is 46.3 Å². The minimum absolute atomic E-state index is 0.287. The van der Waals surface area contributed by atoms with E-state index in [4.69, 9.17) is 16.1 Å². The fourth-order valence-corrected chi connectivity index (χ4v) is 3.51. The number of nitrogens with zero attached hydrogens (tertiary/aromatic N) is 5. The Morgan fingerprint density at radius 1 is 1.23 bits per heavy atom. The van der Waals surface area contributed by atoms with Crippen molar-refractivity contribution in [3.63, 3.8) is 0 Å². The monoisotopic (exact) mass is 439 g/mol. The van der Waals surface area contributed by atoms with Crippen molar-refractivity contribution in [2.75, 3.05) is 18.4 Å². The number of halogens is 1. The van der Waals surface area contributed by atoms with Gasteiger partial charge in [0.2, 0.25) is 0 Å². The lowest BCUT2D eigenvalue weighted by molar-refractivity contribution is 0.0951. The van der Waals surface area contributed by atoms with Crippen molar-refractivity contribution in [1.29, 1.82) is 0 Å². The van der Waals surface area contributed by atoms with E-state index >= 15 is 0 Å². The summed E-state index contributed by atoms with van der Waals surface area (Å²) in [5.74, 6) is 0.896. The van der Waals surface area contributed by atoms with Crippen LogP contribution in [0.4, 0.5) is 5.82 Å². The van der Waals surface area contributed by atoms with E-state index in [-0.39, 0.29) is 5.91 Å². The first kappa shape index (κ1) is 20.8. The van der Waals surface area contributed by atoms with Crippen LogP contribution in [-0.2, 0) is 6.54 Å². The molecular weight excluding hydrogens is 418 g/mol. The van der Waals surface area contributed by atoms with Gasteiger partial charge in [-0.2, -0.15) is 5.10 Å². The molecule has 2 N–H and O–H groups in total. The number of aromatic nitrogens is 5. The molecule has 4 aromatic rings. The second kappa shape index (κ2) is 9.13. The van der Waals surface area contributed by atoms with Gasteiger partial charge in [0.1, 0.15) is 29.2 Å². The van der Waals surface area contributed by atoms with E-state index in [2.05, 4.69) is 37.8 Å². The topological polar surface area (TPSA) is 111 Å². The highest BCUT2D eigenvalue weighted by Crippen LogP contribution is 2.30. The van der Waals surface area contributed by atoms with Gasteiger partial charge < -0.3 is 15.2 Å². The molecule has 0 radical (unpaired) electrons. The highest BCUT2D eigenvalue weighted by Gasteiger charge is 2.22. The number of carbonyl (C=O) groups is 1. The van der Waals surface area contributed by atoms with E-state index < -0.39 is 0 Å². The Labute approximate surface area is 183 Å². The molecular formula is C21H22ClN7O2. The van der Waals surface area contributed by atoms with Crippen LogP contribution in [0.5, 0.6) is 0 Å². The first-order valence-corrected chi connectivity index (χ1v) is 10.4. The molecule has 9 nitrogen and oxygen atoms in total. The largest absolute Gasteiger partial charge is 0.369 e. The van der Waals surface area contributed by atoms with Gasteiger partial charge >= 0.3 is 0 Å². The molecule has 0 aliphatic carbocycles. The third kappa shape index (κ3) is 4.22. The van der Waals surface area contributed by atoms with Gasteiger partial charge in [-0.05, 0) is 19.4 Å². The van der Waals surface area contributed by atoms with Crippen LogP contribution in [0, 0.1) is 6.92 Å². The molecule has 1 aromatic carbocycles. The molecule has 0 saturated carbocycles. The van der Waals surface area contributed by atoms with Crippen LogP contribution in [0.15, 0.2) is 41.3 Å². The van der Waals surface area contributed by atoms with Crippen molar-refractivity contribution < 1.29 is 9.32 Å². The molecule has 0 unspecified atom stereocenters. The maximum Gasteiger partial charge on any atom is 0.257 e. The second-order valence-corrected chi connectivity index (χ2v) is 7.36. The lowest BCUT2D eigenvalue weighted by Crippen LogP contribution is -2.28. The van der Waals surface area contributed by atoms with Crippen molar-refractivity contribution >= 4 is 34.4 Å². The second-order valence-electron chi connectivity index (χ2n) is 6.95. The Balaban J connectivity index is 1.48. The molecule has 0 spiro atoms. The molecule has 0 aliphatic rings. The summed E-state index contributed by atoms with van der Waals surface area (Å²) < 4.78 is 7.01. The summed E-state index contributed by atoms with van der Waals surface area (Å²) in [7, 11) is 0. The van der Waals surface area contributed by atoms with Gasteiger partial charge in [0, 0.05) is 18.7 Å². The lowest BCUT2D eigenvalue weighted by Gasteiger charge is -2.08. The van der Waals surface area contributed by atoms with Gasteiger partial charge in [0.05, 0.1) is 23.2 Å². The van der Waals surface area contributed by atoms with Crippen LogP contribution >= 0.6 is 11.6 Å². The average molecular weight is 440 g/mol. The van der Waals surface area contributed by atoms with Crippen molar-refractivity contribution in [3.05, 3.63) is 53.1 Å². The van der Waals surface area contributed by atoms with Gasteiger partial charge in [-0.25, -0.2) is 14.6 Å². The van der Waals surface area contributed by atoms with Crippen LogP contribution in [0.1, 0.15) is 29.5 Å². The molecule has 0 fully saturated rings. The van der Waals surface area contributed by atoms with Gasteiger partial charge in [0.15, 0.2) is 5.65 Å². The quantitative estimate of drug-likeness (QED) is 0.430. The molecule has 0 bridgehead atoms. The number of rotatable bonds is 8. The third-order valence-electron chi connectivity index (χ3n) is 4.80. The van der Waals surface area contributed by atoms with E-state index in [1.807, 2.05) is 12.1 Å². The molecule has 0 aliphatic heterocycles. The lowest BCUT2D eigenvalue weighted by atomic mass is 10.1. The molecule has 4 rings (SSSR count). The van der Waals surface area contributed by atoms with Crippen molar-refractivity contribution in [2.24, 2.45) is 0 Å². The normalized spacial score (nSPS) is 11.1. The number of nitrogens with one attached hydrogen (secondary N) is 2. The Hall–Kier alpha value is -3.46. The number of anilines is 1. The number of aryl methyl sites for hydroxylation is 1. The number of hydrogen-bond donors (Lipinski definition) is 2.